The topological polar surface area (TPSA) is 47.6 Å². The van der Waals surface area contributed by atoms with E-state index in [0.29, 0.717) is 22.8 Å². The molecule has 4 aliphatic carbocycles. The minimum absolute atomic E-state index is 0.0165. The first kappa shape index (κ1) is 28.3. The van der Waals surface area contributed by atoms with Crippen molar-refractivity contribution < 1.29 is 14.3 Å². The Morgan fingerprint density at radius 2 is 1.82 bits per heavy atom. The molecule has 0 spiro atoms. The van der Waals surface area contributed by atoms with Crippen LogP contribution in [0.2, 0.25) is 0 Å². The summed E-state index contributed by atoms with van der Waals surface area (Å²) in [5, 5.41) is 3.51. The largest absolute Gasteiger partial charge is 0.497 e. The Kier molecular flexibility index (Phi) is 8.23. The number of benzene rings is 1. The average molecular weight is 534 g/mol. The molecule has 0 radical (unpaired) electrons. The van der Waals surface area contributed by atoms with Crippen molar-refractivity contribution in [3.8, 4) is 5.75 Å². The van der Waals surface area contributed by atoms with E-state index in [1.807, 2.05) is 12.1 Å². The number of allylic oxidation sites excluding steroid dienone is 2. The Morgan fingerprint density at radius 1 is 1.05 bits per heavy atom. The molecule has 0 bridgehead atoms. The van der Waals surface area contributed by atoms with Gasteiger partial charge in [-0.15, -0.1) is 0 Å². The number of methoxy groups -OCH3 is 1. The Balaban J connectivity index is 1.24. The minimum Gasteiger partial charge on any atom is -0.497 e. The van der Waals surface area contributed by atoms with E-state index < -0.39 is 0 Å². The second-order valence-electron chi connectivity index (χ2n) is 14.0. The highest BCUT2D eigenvalue weighted by Gasteiger charge is 2.59. The van der Waals surface area contributed by atoms with Gasteiger partial charge in [0, 0.05) is 13.0 Å². The molecule has 4 aliphatic rings. The molecular formula is C35H51NO3. The molecule has 0 amide bonds. The summed E-state index contributed by atoms with van der Waals surface area (Å²) in [6, 6.07) is 7.24. The molecule has 0 saturated heterocycles. The van der Waals surface area contributed by atoms with Crippen molar-refractivity contribution in [1.82, 2.24) is 5.32 Å². The third-order valence-corrected chi connectivity index (χ3v) is 11.4. The van der Waals surface area contributed by atoms with E-state index >= 15 is 0 Å². The van der Waals surface area contributed by atoms with Crippen LogP contribution in [0.25, 0.3) is 0 Å². The Labute approximate surface area is 237 Å². The summed E-state index contributed by atoms with van der Waals surface area (Å²) in [7, 11) is 1.64. The van der Waals surface area contributed by atoms with Gasteiger partial charge in [-0.1, -0.05) is 52.3 Å². The van der Waals surface area contributed by atoms with Gasteiger partial charge in [-0.2, -0.15) is 0 Å². The Hall–Kier alpha value is -2.23. The third-order valence-electron chi connectivity index (χ3n) is 11.4. The SMILES string of the molecule is COc1ccc(C(=O)O[C@H]2CC[C@@]3(C)C(=CC[C@H]4C5CC[C@H]([C@H](C)/C=C/NCC(C)C)[C@@]5(C)CC[C@@H]43)C2)cc1. The molecule has 8 atom stereocenters. The maximum Gasteiger partial charge on any atom is 0.338 e. The van der Waals surface area contributed by atoms with Crippen LogP contribution in [-0.4, -0.2) is 25.7 Å². The van der Waals surface area contributed by atoms with Crippen LogP contribution in [0.4, 0.5) is 0 Å². The number of nitrogens with one attached hydrogen (secondary N) is 1. The first-order chi connectivity index (χ1) is 18.7. The van der Waals surface area contributed by atoms with Gasteiger partial charge in [-0.3, -0.25) is 0 Å². The smallest absolute Gasteiger partial charge is 0.338 e. The quantitative estimate of drug-likeness (QED) is 0.270. The predicted molar refractivity (Wildman–Crippen MR) is 159 cm³/mol. The Bertz CT molecular complexity index is 1070. The zero-order chi connectivity index (χ0) is 27.8. The van der Waals surface area contributed by atoms with E-state index in [1.165, 1.54) is 32.1 Å². The van der Waals surface area contributed by atoms with Crippen LogP contribution in [0.5, 0.6) is 5.75 Å². The molecule has 4 heteroatoms. The fraction of sp³-hybridized carbons (Fsp3) is 0.686. The maximum absolute atomic E-state index is 12.8. The number of rotatable bonds is 8. The molecule has 39 heavy (non-hydrogen) atoms. The second-order valence-corrected chi connectivity index (χ2v) is 14.0. The minimum atomic E-state index is -0.214. The number of carbonyl (C=O) groups excluding carboxylic acids is 1. The van der Waals surface area contributed by atoms with Crippen LogP contribution in [0.1, 0.15) is 96.3 Å². The molecule has 0 heterocycles. The molecule has 1 aromatic rings. The Morgan fingerprint density at radius 3 is 2.54 bits per heavy atom. The van der Waals surface area contributed by atoms with E-state index in [-0.39, 0.29) is 17.5 Å². The summed E-state index contributed by atoms with van der Waals surface area (Å²) >= 11 is 0. The van der Waals surface area contributed by atoms with Crippen LogP contribution in [0.3, 0.4) is 0 Å². The highest BCUT2D eigenvalue weighted by molar-refractivity contribution is 5.89. The number of hydrogen-bond donors (Lipinski definition) is 1. The van der Waals surface area contributed by atoms with Gasteiger partial charge in [0.15, 0.2) is 0 Å². The van der Waals surface area contributed by atoms with Crippen LogP contribution >= 0.6 is 0 Å². The standard InChI is InChI=1S/C35H51NO3/c1-23(2)22-36-20-17-24(3)30-13-14-31-29-12-9-26-21-28(39-33(37)25-7-10-27(38-6)11-8-25)15-18-34(26,4)32(29)16-19-35(30,31)5/h7-11,17,20,23-24,28-32,36H,12-16,18-19,21-22H2,1-6H3/b20-17+/t24-,28+,29+,30-,31?,32+,34+,35-/m1/s1. The summed E-state index contributed by atoms with van der Waals surface area (Å²) in [6.07, 6.45) is 16.9. The van der Waals surface area contributed by atoms with Gasteiger partial charge in [0.2, 0.25) is 0 Å². The van der Waals surface area contributed by atoms with Crippen LogP contribution in [-0.2, 0) is 4.74 Å². The van der Waals surface area contributed by atoms with Crippen molar-refractivity contribution in [3.05, 3.63) is 53.8 Å². The van der Waals surface area contributed by atoms with Crippen LogP contribution in [0.15, 0.2) is 48.2 Å². The molecule has 4 nitrogen and oxygen atoms in total. The van der Waals surface area contributed by atoms with Gasteiger partial charge in [0.25, 0.3) is 0 Å². The van der Waals surface area contributed by atoms with E-state index in [2.05, 4.69) is 58.3 Å². The lowest BCUT2D eigenvalue weighted by Gasteiger charge is -2.58. The van der Waals surface area contributed by atoms with Gasteiger partial charge in [0.05, 0.1) is 12.7 Å². The first-order valence-electron chi connectivity index (χ1n) is 15.6. The normalized spacial score (nSPS) is 36.5. The highest BCUT2D eigenvalue weighted by atomic mass is 16.5. The zero-order valence-corrected chi connectivity index (χ0v) is 25.2. The number of carbonyl (C=O) groups is 1. The number of ether oxygens (including phenoxy) is 2. The van der Waals surface area contributed by atoms with Crippen molar-refractivity contribution in [2.75, 3.05) is 13.7 Å². The molecular weight excluding hydrogens is 482 g/mol. The van der Waals surface area contributed by atoms with Gasteiger partial charge >= 0.3 is 5.97 Å². The molecule has 1 aromatic carbocycles. The molecule has 3 saturated carbocycles. The van der Waals surface area contributed by atoms with Gasteiger partial charge in [0.1, 0.15) is 11.9 Å². The van der Waals surface area contributed by atoms with Gasteiger partial charge in [-0.25, -0.2) is 4.79 Å². The van der Waals surface area contributed by atoms with E-state index in [0.717, 1.165) is 55.2 Å². The summed E-state index contributed by atoms with van der Waals surface area (Å²) < 4.78 is 11.3. The zero-order valence-electron chi connectivity index (χ0n) is 25.2. The fourth-order valence-electron chi connectivity index (χ4n) is 9.24. The van der Waals surface area contributed by atoms with E-state index in [4.69, 9.17) is 9.47 Å². The second kappa shape index (κ2) is 11.3. The number of fused-ring (bicyclic) bond motifs is 5. The molecule has 5 rings (SSSR count). The summed E-state index contributed by atoms with van der Waals surface area (Å²) in [5.74, 6) is 5.03. The lowest BCUT2D eigenvalue weighted by Crippen LogP contribution is -2.51. The van der Waals surface area contributed by atoms with Crippen LogP contribution < -0.4 is 10.1 Å². The maximum atomic E-state index is 12.8. The first-order valence-corrected chi connectivity index (χ1v) is 15.6. The molecule has 0 aromatic heterocycles. The molecule has 1 N–H and O–H groups in total. The number of esters is 1. The number of hydrogen-bond acceptors (Lipinski definition) is 4. The lowest BCUT2D eigenvalue weighted by atomic mass is 9.47. The fourth-order valence-corrected chi connectivity index (χ4v) is 9.24. The predicted octanol–water partition coefficient (Wildman–Crippen LogP) is 8.20. The third kappa shape index (κ3) is 5.42. The summed E-state index contributed by atoms with van der Waals surface area (Å²) in [4.78, 5) is 12.8. The highest BCUT2D eigenvalue weighted by Crippen LogP contribution is 2.67. The van der Waals surface area contributed by atoms with Crippen molar-refractivity contribution in [1.29, 1.82) is 0 Å². The van der Waals surface area contributed by atoms with E-state index in [1.54, 1.807) is 24.8 Å². The van der Waals surface area contributed by atoms with Crippen molar-refractivity contribution >= 4 is 5.97 Å². The average Bonchev–Trinajstić information content (AvgIpc) is 3.28. The van der Waals surface area contributed by atoms with E-state index in [9.17, 15) is 4.79 Å². The van der Waals surface area contributed by atoms with Crippen LogP contribution in [0, 0.1) is 46.3 Å². The monoisotopic (exact) mass is 533 g/mol. The molecule has 214 valence electrons. The van der Waals surface area contributed by atoms with Gasteiger partial charge < -0.3 is 14.8 Å². The van der Waals surface area contributed by atoms with Crippen molar-refractivity contribution in [2.24, 2.45) is 46.3 Å². The molecule has 0 aliphatic heterocycles. The molecule has 1 unspecified atom stereocenters. The molecule has 3 fully saturated rings. The van der Waals surface area contributed by atoms with Crippen molar-refractivity contribution in [2.45, 2.75) is 92.1 Å². The summed E-state index contributed by atoms with van der Waals surface area (Å²) in [6.45, 7) is 13.2. The summed E-state index contributed by atoms with van der Waals surface area (Å²) in [5.41, 5.74) is 2.88. The van der Waals surface area contributed by atoms with Crippen molar-refractivity contribution in [3.63, 3.8) is 0 Å². The van der Waals surface area contributed by atoms with Gasteiger partial charge in [-0.05, 0) is 122 Å². The lowest BCUT2D eigenvalue weighted by molar-refractivity contribution is -0.0565.